The minimum atomic E-state index is 0.304. The number of aromatic nitrogens is 3. The Hall–Kier alpha value is -2.73. The van der Waals surface area contributed by atoms with Crippen molar-refractivity contribution in [3.05, 3.63) is 59.5 Å². The Morgan fingerprint density at radius 2 is 2.04 bits per heavy atom. The third-order valence-electron chi connectivity index (χ3n) is 4.91. The van der Waals surface area contributed by atoms with Gasteiger partial charge in [0.15, 0.2) is 5.82 Å². The van der Waals surface area contributed by atoms with Gasteiger partial charge in [-0.05, 0) is 51.1 Å². The highest BCUT2D eigenvalue weighted by Crippen LogP contribution is 2.29. The van der Waals surface area contributed by atoms with Crippen LogP contribution in [0, 0.1) is 6.92 Å². The van der Waals surface area contributed by atoms with E-state index in [1.807, 2.05) is 31.2 Å². The largest absolute Gasteiger partial charge is 0.508 e. The molecule has 0 spiro atoms. The summed E-state index contributed by atoms with van der Waals surface area (Å²) in [5.41, 5.74) is 2.86. The third-order valence-corrected chi connectivity index (χ3v) is 4.91. The van der Waals surface area contributed by atoms with Crippen LogP contribution < -0.4 is 0 Å². The maximum atomic E-state index is 10.0. The SMILES string of the molecule is Cc1ccc(O)c(CN2CCC(c3noc(-c4ccccn4)n3)CC2)c1. The predicted octanol–water partition coefficient (Wildman–Crippen LogP) is 3.53. The molecule has 1 aromatic carbocycles. The Morgan fingerprint density at radius 3 is 2.81 bits per heavy atom. The molecule has 6 heteroatoms. The molecule has 134 valence electrons. The Kier molecular flexibility index (Phi) is 4.67. The van der Waals surface area contributed by atoms with Gasteiger partial charge in [0.1, 0.15) is 11.4 Å². The lowest BCUT2D eigenvalue weighted by Crippen LogP contribution is -2.32. The van der Waals surface area contributed by atoms with E-state index in [-0.39, 0.29) is 0 Å². The Morgan fingerprint density at radius 1 is 1.19 bits per heavy atom. The monoisotopic (exact) mass is 350 g/mol. The number of pyridine rings is 1. The van der Waals surface area contributed by atoms with Crippen LogP contribution in [0.5, 0.6) is 5.75 Å². The van der Waals surface area contributed by atoms with E-state index in [2.05, 4.69) is 26.1 Å². The van der Waals surface area contributed by atoms with Gasteiger partial charge in [0.05, 0.1) is 0 Å². The second kappa shape index (κ2) is 7.25. The van der Waals surface area contributed by atoms with Crippen molar-refractivity contribution in [2.24, 2.45) is 0 Å². The highest BCUT2D eigenvalue weighted by Gasteiger charge is 2.25. The molecule has 3 aromatic rings. The Balaban J connectivity index is 1.38. The zero-order chi connectivity index (χ0) is 17.9. The number of aryl methyl sites for hydroxylation is 1. The molecule has 0 aliphatic carbocycles. The number of nitrogens with zero attached hydrogens (tertiary/aromatic N) is 4. The number of hydrogen-bond donors (Lipinski definition) is 1. The van der Waals surface area contributed by atoms with Crippen molar-refractivity contribution in [2.45, 2.75) is 32.2 Å². The van der Waals surface area contributed by atoms with Crippen molar-refractivity contribution in [1.82, 2.24) is 20.0 Å². The highest BCUT2D eigenvalue weighted by atomic mass is 16.5. The molecule has 4 rings (SSSR count). The summed E-state index contributed by atoms with van der Waals surface area (Å²) in [6, 6.07) is 11.4. The van der Waals surface area contributed by atoms with E-state index in [1.54, 1.807) is 12.3 Å². The van der Waals surface area contributed by atoms with Gasteiger partial charge in [-0.25, -0.2) is 0 Å². The quantitative estimate of drug-likeness (QED) is 0.776. The second-order valence-electron chi connectivity index (χ2n) is 6.86. The first-order valence-electron chi connectivity index (χ1n) is 8.95. The normalized spacial score (nSPS) is 16.0. The first kappa shape index (κ1) is 16.7. The van der Waals surface area contributed by atoms with Crippen molar-refractivity contribution in [3.63, 3.8) is 0 Å². The lowest BCUT2D eigenvalue weighted by molar-refractivity contribution is 0.198. The first-order chi connectivity index (χ1) is 12.7. The van der Waals surface area contributed by atoms with Crippen LogP contribution in [0.15, 0.2) is 47.1 Å². The third kappa shape index (κ3) is 3.60. The molecular weight excluding hydrogens is 328 g/mol. The van der Waals surface area contributed by atoms with Crippen LogP contribution in [0.4, 0.5) is 0 Å². The van der Waals surface area contributed by atoms with Crippen LogP contribution in [-0.2, 0) is 6.54 Å². The number of hydrogen-bond acceptors (Lipinski definition) is 6. The lowest BCUT2D eigenvalue weighted by atomic mass is 9.95. The van der Waals surface area contributed by atoms with Crippen molar-refractivity contribution in [2.75, 3.05) is 13.1 Å². The summed E-state index contributed by atoms with van der Waals surface area (Å²) >= 11 is 0. The summed E-state index contributed by atoms with van der Waals surface area (Å²) < 4.78 is 5.39. The molecule has 1 aliphatic heterocycles. The highest BCUT2D eigenvalue weighted by molar-refractivity contribution is 5.45. The van der Waals surface area contributed by atoms with Crippen LogP contribution in [0.25, 0.3) is 11.6 Å². The van der Waals surface area contributed by atoms with Gasteiger partial charge in [-0.3, -0.25) is 9.88 Å². The molecule has 0 saturated carbocycles. The van der Waals surface area contributed by atoms with E-state index in [0.717, 1.165) is 43.9 Å². The fraction of sp³-hybridized carbons (Fsp3) is 0.350. The number of piperidine rings is 1. The van der Waals surface area contributed by atoms with E-state index < -0.39 is 0 Å². The molecule has 0 bridgehead atoms. The maximum absolute atomic E-state index is 10.0. The molecule has 1 saturated heterocycles. The topological polar surface area (TPSA) is 75.3 Å². The minimum absolute atomic E-state index is 0.304. The molecule has 26 heavy (non-hydrogen) atoms. The molecule has 1 N–H and O–H groups in total. The molecule has 1 aliphatic rings. The van der Waals surface area contributed by atoms with E-state index in [9.17, 15) is 5.11 Å². The van der Waals surface area contributed by atoms with Crippen molar-refractivity contribution in [1.29, 1.82) is 0 Å². The molecule has 0 atom stereocenters. The fourth-order valence-corrected chi connectivity index (χ4v) is 3.43. The van der Waals surface area contributed by atoms with Gasteiger partial charge < -0.3 is 9.63 Å². The van der Waals surface area contributed by atoms with Crippen LogP contribution in [0.2, 0.25) is 0 Å². The summed E-state index contributed by atoms with van der Waals surface area (Å²) in [4.78, 5) is 11.2. The number of phenolic OH excluding ortho intramolecular Hbond substituents is 1. The van der Waals surface area contributed by atoms with Gasteiger partial charge in [-0.1, -0.05) is 28.9 Å². The minimum Gasteiger partial charge on any atom is -0.508 e. The van der Waals surface area contributed by atoms with Gasteiger partial charge in [-0.15, -0.1) is 0 Å². The average molecular weight is 350 g/mol. The van der Waals surface area contributed by atoms with Crippen molar-refractivity contribution in [3.8, 4) is 17.3 Å². The van der Waals surface area contributed by atoms with E-state index >= 15 is 0 Å². The average Bonchev–Trinajstić information content (AvgIpc) is 3.16. The molecule has 1 fully saturated rings. The van der Waals surface area contributed by atoms with E-state index in [1.165, 1.54) is 5.56 Å². The molecule has 2 aromatic heterocycles. The fourth-order valence-electron chi connectivity index (χ4n) is 3.43. The van der Waals surface area contributed by atoms with Crippen LogP contribution in [-0.4, -0.2) is 38.2 Å². The predicted molar refractivity (Wildman–Crippen MR) is 97.6 cm³/mol. The zero-order valence-corrected chi connectivity index (χ0v) is 14.8. The number of benzene rings is 1. The van der Waals surface area contributed by atoms with E-state index in [0.29, 0.717) is 23.3 Å². The first-order valence-corrected chi connectivity index (χ1v) is 8.95. The zero-order valence-electron chi connectivity index (χ0n) is 14.8. The van der Waals surface area contributed by atoms with Crippen LogP contribution in [0.1, 0.15) is 35.7 Å². The summed E-state index contributed by atoms with van der Waals surface area (Å²) in [6.07, 6.45) is 3.68. The molecular formula is C20H22N4O2. The molecule has 3 heterocycles. The molecule has 0 amide bonds. The van der Waals surface area contributed by atoms with Crippen molar-refractivity contribution < 1.29 is 9.63 Å². The van der Waals surface area contributed by atoms with Gasteiger partial charge in [0.2, 0.25) is 0 Å². The molecule has 6 nitrogen and oxygen atoms in total. The van der Waals surface area contributed by atoms with Gasteiger partial charge in [0, 0.05) is 24.2 Å². The number of rotatable bonds is 4. The summed E-state index contributed by atoms with van der Waals surface area (Å²) in [5, 5.41) is 14.2. The van der Waals surface area contributed by atoms with Crippen LogP contribution in [0.3, 0.4) is 0 Å². The summed E-state index contributed by atoms with van der Waals surface area (Å²) in [7, 11) is 0. The van der Waals surface area contributed by atoms with Gasteiger partial charge >= 0.3 is 0 Å². The number of phenols is 1. The maximum Gasteiger partial charge on any atom is 0.276 e. The summed E-state index contributed by atoms with van der Waals surface area (Å²) in [6.45, 7) is 4.72. The smallest absolute Gasteiger partial charge is 0.276 e. The standard InChI is InChI=1S/C20H22N4O2/c1-14-5-6-18(25)16(12-14)13-24-10-7-15(8-11-24)19-22-20(26-23-19)17-4-2-3-9-21-17/h2-6,9,12,15,25H,7-8,10-11,13H2,1H3. The van der Waals surface area contributed by atoms with Gasteiger partial charge in [0.25, 0.3) is 5.89 Å². The Bertz CT molecular complexity index is 871. The van der Waals surface area contributed by atoms with Crippen molar-refractivity contribution >= 4 is 0 Å². The number of aromatic hydroxyl groups is 1. The van der Waals surface area contributed by atoms with E-state index in [4.69, 9.17) is 4.52 Å². The lowest BCUT2D eigenvalue weighted by Gasteiger charge is -2.30. The second-order valence-corrected chi connectivity index (χ2v) is 6.86. The van der Waals surface area contributed by atoms with Gasteiger partial charge in [-0.2, -0.15) is 4.98 Å². The molecule has 0 unspecified atom stereocenters. The molecule has 0 radical (unpaired) electrons. The number of likely N-dealkylation sites (tertiary alicyclic amines) is 1. The van der Waals surface area contributed by atoms with Crippen LogP contribution >= 0.6 is 0 Å². The summed E-state index contributed by atoms with van der Waals surface area (Å²) in [5.74, 6) is 1.92. The Labute approximate surface area is 152 Å².